The van der Waals surface area contributed by atoms with Crippen molar-refractivity contribution in [1.29, 1.82) is 5.26 Å². The van der Waals surface area contributed by atoms with Crippen LogP contribution in [0.5, 0.6) is 5.75 Å². The molecule has 1 saturated carbocycles. The van der Waals surface area contributed by atoms with E-state index in [1.54, 1.807) is 39.0 Å². The van der Waals surface area contributed by atoms with Gasteiger partial charge in [-0.25, -0.2) is 13.9 Å². The Kier molecular flexibility index (Phi) is 14.1. The van der Waals surface area contributed by atoms with Gasteiger partial charge in [0.05, 0.1) is 30.1 Å². The molecule has 3 rings (SSSR count). The Balaban J connectivity index is 1.60. The highest BCUT2D eigenvalue weighted by molar-refractivity contribution is 7.52. The predicted molar refractivity (Wildman–Crippen MR) is 183 cm³/mol. The first-order valence-electron chi connectivity index (χ1n) is 17.0. The van der Waals surface area contributed by atoms with E-state index in [1.165, 1.54) is 46.8 Å². The topological polar surface area (TPSA) is 209 Å². The highest BCUT2D eigenvalue weighted by Crippen LogP contribution is 2.50. The molecule has 1 saturated heterocycles. The van der Waals surface area contributed by atoms with Crippen LogP contribution in [-0.4, -0.2) is 72.9 Å². The van der Waals surface area contributed by atoms with Crippen LogP contribution in [0.4, 0.5) is 4.79 Å². The molecule has 0 spiro atoms. The lowest BCUT2D eigenvalue weighted by atomic mass is 9.62. The number of ether oxygens (including phenoxy) is 4. The fourth-order valence-corrected chi connectivity index (χ4v) is 7.53. The number of esters is 2. The van der Waals surface area contributed by atoms with E-state index in [0.29, 0.717) is 25.7 Å². The molecule has 1 aromatic rings. The van der Waals surface area contributed by atoms with Gasteiger partial charge < -0.3 is 33.9 Å². The molecular weight excluding hydrogens is 685 g/mol. The zero-order chi connectivity index (χ0) is 38.2. The Bertz CT molecular complexity index is 1460. The van der Waals surface area contributed by atoms with Gasteiger partial charge in [0.1, 0.15) is 23.5 Å². The molecule has 51 heavy (non-hydrogen) atoms. The van der Waals surface area contributed by atoms with Gasteiger partial charge in [-0.05, 0) is 99.1 Å². The minimum Gasteiger partial charge on any atom is -0.481 e. The zero-order valence-corrected chi connectivity index (χ0v) is 31.5. The summed E-state index contributed by atoms with van der Waals surface area (Å²) in [5, 5.41) is 25.0. The van der Waals surface area contributed by atoms with Gasteiger partial charge in [0.2, 0.25) is 6.79 Å². The van der Waals surface area contributed by atoms with Gasteiger partial charge in [-0.15, -0.1) is 0 Å². The number of nitrogens with one attached hydrogen (secondary N) is 2. The second-order valence-electron chi connectivity index (χ2n) is 15.2. The van der Waals surface area contributed by atoms with Gasteiger partial charge in [0, 0.05) is 17.9 Å². The molecule has 1 heterocycles. The van der Waals surface area contributed by atoms with Crippen molar-refractivity contribution < 1.29 is 56.8 Å². The SMILES string of the molecule is C[C@H](NP(=O)(OCOC(=O)C(C)(C)C1C(C#N)OCC1C(C)(C)C(=O)O)Oc1ccccc1)C(=O)OCC1CCC(NC(=O)OC(C)(C)C)CC1. The van der Waals surface area contributed by atoms with Gasteiger partial charge in [0.15, 0.2) is 0 Å². The number of benzene rings is 1. The van der Waals surface area contributed by atoms with Crippen molar-refractivity contribution in [2.75, 3.05) is 20.0 Å². The first kappa shape index (κ1) is 41.7. The fraction of sp³-hybridized carbons (Fsp3) is 0.686. The first-order valence-corrected chi connectivity index (χ1v) is 18.6. The summed E-state index contributed by atoms with van der Waals surface area (Å²) in [5.74, 6) is -4.00. The number of alkyl carbamates (subject to hydrolysis) is 1. The maximum Gasteiger partial charge on any atom is 0.462 e. The third-order valence-electron chi connectivity index (χ3n) is 9.30. The molecule has 1 amide bonds. The summed E-state index contributed by atoms with van der Waals surface area (Å²) in [6.07, 6.45) is 1.29. The van der Waals surface area contributed by atoms with Crippen LogP contribution in [0, 0.1) is 39.9 Å². The lowest BCUT2D eigenvalue weighted by Gasteiger charge is -2.38. The molecule has 3 N–H and O–H groups in total. The number of carbonyl (C=O) groups is 4. The second-order valence-corrected chi connectivity index (χ2v) is 16.9. The number of aliphatic carboxylic acids is 1. The molecule has 2 fully saturated rings. The van der Waals surface area contributed by atoms with Gasteiger partial charge >= 0.3 is 31.7 Å². The van der Waals surface area contributed by atoms with Gasteiger partial charge in [0.25, 0.3) is 0 Å². The van der Waals surface area contributed by atoms with E-state index in [0.717, 1.165) is 0 Å². The number of rotatable bonds is 15. The van der Waals surface area contributed by atoms with E-state index in [2.05, 4.69) is 10.4 Å². The van der Waals surface area contributed by atoms with Crippen molar-refractivity contribution in [1.82, 2.24) is 10.4 Å². The summed E-state index contributed by atoms with van der Waals surface area (Å²) >= 11 is 0. The van der Waals surface area contributed by atoms with Crippen molar-refractivity contribution >= 4 is 31.7 Å². The number of nitriles is 1. The number of carboxylic acid groups (broad SMARTS) is 1. The lowest BCUT2D eigenvalue weighted by Crippen LogP contribution is -2.47. The van der Waals surface area contributed by atoms with E-state index in [9.17, 15) is 34.1 Å². The van der Waals surface area contributed by atoms with E-state index in [4.69, 9.17) is 28.0 Å². The molecule has 0 radical (unpaired) electrons. The quantitative estimate of drug-likeness (QED) is 0.0868. The number of hydrogen-bond donors (Lipinski definition) is 3. The number of carboxylic acids is 1. The van der Waals surface area contributed by atoms with Gasteiger partial charge in [-0.1, -0.05) is 18.2 Å². The fourth-order valence-electron chi connectivity index (χ4n) is 6.18. The predicted octanol–water partition coefficient (Wildman–Crippen LogP) is 5.59. The summed E-state index contributed by atoms with van der Waals surface area (Å²) in [7, 11) is -4.38. The molecule has 284 valence electrons. The number of nitrogens with zero attached hydrogens (tertiary/aromatic N) is 1. The minimum atomic E-state index is -4.38. The molecule has 15 nitrogen and oxygen atoms in total. The number of carbonyl (C=O) groups excluding carboxylic acids is 3. The minimum absolute atomic E-state index is 0.0393. The van der Waals surface area contributed by atoms with Crippen LogP contribution < -0.4 is 14.9 Å². The molecule has 1 aromatic carbocycles. The van der Waals surface area contributed by atoms with Gasteiger partial charge in [-0.3, -0.25) is 14.4 Å². The normalized spacial score (nSPS) is 24.3. The van der Waals surface area contributed by atoms with Gasteiger partial charge in [-0.2, -0.15) is 10.3 Å². The number of para-hydroxylation sites is 1. The average Bonchev–Trinajstić information content (AvgIpc) is 3.50. The van der Waals surface area contributed by atoms with E-state index in [1.807, 2.05) is 6.07 Å². The van der Waals surface area contributed by atoms with Crippen molar-refractivity contribution in [3.63, 3.8) is 0 Å². The Morgan fingerprint density at radius 3 is 2.20 bits per heavy atom. The molecule has 1 aliphatic heterocycles. The third-order valence-corrected chi connectivity index (χ3v) is 10.9. The van der Waals surface area contributed by atoms with Crippen molar-refractivity contribution in [2.45, 2.75) is 105 Å². The molecule has 4 unspecified atom stereocenters. The van der Waals surface area contributed by atoms with E-state index >= 15 is 0 Å². The highest BCUT2D eigenvalue weighted by atomic mass is 31.2. The molecular formula is C35H52N3O12P. The number of hydrogen-bond acceptors (Lipinski definition) is 12. The van der Waals surface area contributed by atoms with Crippen LogP contribution in [0.25, 0.3) is 0 Å². The van der Waals surface area contributed by atoms with Crippen LogP contribution in [0.3, 0.4) is 0 Å². The molecule has 5 atom stereocenters. The van der Waals surface area contributed by atoms with Crippen LogP contribution in [-0.2, 0) is 42.4 Å². The van der Waals surface area contributed by atoms with E-state index < -0.39 is 79.0 Å². The summed E-state index contributed by atoms with van der Waals surface area (Å²) in [5.41, 5.74) is -3.34. The largest absolute Gasteiger partial charge is 0.481 e. The van der Waals surface area contributed by atoms with Crippen molar-refractivity contribution in [3.8, 4) is 11.8 Å². The summed E-state index contributed by atoms with van der Waals surface area (Å²) < 4.78 is 46.8. The van der Waals surface area contributed by atoms with Crippen LogP contribution >= 0.6 is 7.75 Å². The molecule has 2 aliphatic rings. The Labute approximate surface area is 299 Å². The average molecular weight is 738 g/mol. The smallest absolute Gasteiger partial charge is 0.462 e. The maximum atomic E-state index is 13.9. The second kappa shape index (κ2) is 17.2. The van der Waals surface area contributed by atoms with Crippen LogP contribution in [0.15, 0.2) is 30.3 Å². The summed E-state index contributed by atoms with van der Waals surface area (Å²) in [6, 6.07) is 8.86. The Hall–Kier alpha value is -3.70. The van der Waals surface area contributed by atoms with Crippen molar-refractivity contribution in [2.24, 2.45) is 28.6 Å². The highest BCUT2D eigenvalue weighted by Gasteiger charge is 2.57. The zero-order valence-electron chi connectivity index (χ0n) is 30.6. The number of amides is 1. The first-order chi connectivity index (χ1) is 23.7. The lowest BCUT2D eigenvalue weighted by molar-refractivity contribution is -0.169. The summed E-state index contributed by atoms with van der Waals surface area (Å²) in [4.78, 5) is 50.5. The maximum absolute atomic E-state index is 13.9. The Morgan fingerprint density at radius 2 is 1.63 bits per heavy atom. The van der Waals surface area contributed by atoms with E-state index in [-0.39, 0.29) is 30.9 Å². The van der Waals surface area contributed by atoms with Crippen LogP contribution in [0.1, 0.15) is 81.1 Å². The van der Waals surface area contributed by atoms with Crippen LogP contribution in [0.2, 0.25) is 0 Å². The third kappa shape index (κ3) is 11.7. The standard InChI is InChI=1S/C35H52N3O12P/c1-22(29(39)46-19-23-14-16-24(17-15-23)37-32(43)49-33(2,3)4)38-51(44,50-25-12-10-9-11-13-25)48-21-47-31(42)35(7,8)28-26(20-45-27(28)18-36)34(5,6)30(40)41/h9-13,22-24,26-28H,14-17,19-21H2,1-8H3,(H,37,43)(H,38,44)(H,40,41)/t22-,23?,24?,26?,27?,28?,51?/m0/s1. The molecule has 0 aromatic heterocycles. The monoisotopic (exact) mass is 737 g/mol. The summed E-state index contributed by atoms with van der Waals surface area (Å²) in [6.45, 7) is 12.1. The molecule has 1 aliphatic carbocycles. The molecule has 0 bridgehead atoms. The molecule has 16 heteroatoms. The van der Waals surface area contributed by atoms with Crippen molar-refractivity contribution in [3.05, 3.63) is 30.3 Å². The Morgan fingerprint density at radius 1 is 1.00 bits per heavy atom.